The first-order valence-corrected chi connectivity index (χ1v) is 3.32. The lowest BCUT2D eigenvalue weighted by molar-refractivity contribution is 0.865. The largest absolute Gasteiger partial charge is 0.358 e. The summed E-state index contributed by atoms with van der Waals surface area (Å²) >= 11 is 0. The van der Waals surface area contributed by atoms with Gasteiger partial charge in [-0.1, -0.05) is 0 Å². The van der Waals surface area contributed by atoms with Crippen molar-refractivity contribution in [1.82, 2.24) is 15.4 Å². The second-order valence-electron chi connectivity index (χ2n) is 0.811. The molecule has 1 rings (SSSR count). The van der Waals surface area contributed by atoms with Crippen molar-refractivity contribution in [3.05, 3.63) is 18.5 Å². The fourth-order valence-electron chi connectivity index (χ4n) is 0.205. The number of hydrogen-bond acceptors (Lipinski definition) is 4. The summed E-state index contributed by atoms with van der Waals surface area (Å²) in [6.45, 7) is 0. The molecule has 2 N–H and O–H groups in total. The van der Waals surface area contributed by atoms with Crippen molar-refractivity contribution in [2.24, 2.45) is 5.40 Å². The number of nitrogens with two attached hydrogens (primary N) is 1. The minimum Gasteiger partial charge on any atom is -0.358 e. The quantitative estimate of drug-likeness (QED) is 0.414. The lowest BCUT2D eigenvalue weighted by atomic mass is 10.7. The standard InChI is InChI=1S/C3H3N3.H5NSi/c1-2-4-6-5-3-1;1-2/h1-3H;1H2,2H3. The summed E-state index contributed by atoms with van der Waals surface area (Å²) in [6.07, 6.45) is 3.15. The topological polar surface area (TPSA) is 64.7 Å². The molecule has 44 valence electrons. The number of nitrogens with zero attached hydrogens (tertiary/aromatic N) is 3. The fourth-order valence-corrected chi connectivity index (χ4v) is 0.205. The van der Waals surface area contributed by atoms with Gasteiger partial charge in [0.05, 0.1) is 22.8 Å². The zero-order chi connectivity index (χ0) is 6.24. The van der Waals surface area contributed by atoms with Gasteiger partial charge in [-0.2, -0.15) is 0 Å². The van der Waals surface area contributed by atoms with Crippen molar-refractivity contribution in [3.63, 3.8) is 0 Å². The SMILES string of the molecule is N[SiH3].c1cnnnc1. The van der Waals surface area contributed by atoms with Crippen LogP contribution in [0.4, 0.5) is 0 Å². The summed E-state index contributed by atoms with van der Waals surface area (Å²) in [5.74, 6) is 0. The van der Waals surface area contributed by atoms with Gasteiger partial charge in [-0.05, 0) is 11.3 Å². The molecule has 8 heavy (non-hydrogen) atoms. The van der Waals surface area contributed by atoms with Crippen LogP contribution in [0.15, 0.2) is 18.5 Å². The van der Waals surface area contributed by atoms with Gasteiger partial charge in [0.15, 0.2) is 0 Å². The van der Waals surface area contributed by atoms with Crippen molar-refractivity contribution < 1.29 is 0 Å². The molecule has 0 aromatic carbocycles. The summed E-state index contributed by atoms with van der Waals surface area (Å²) < 4.78 is 0. The predicted molar refractivity (Wildman–Crippen MR) is 34.0 cm³/mol. The molecule has 0 aliphatic rings. The molecule has 1 heterocycles. The molecule has 0 spiro atoms. The van der Waals surface area contributed by atoms with Crippen LogP contribution in [0.2, 0.25) is 0 Å². The van der Waals surface area contributed by atoms with Crippen LogP contribution in [0.3, 0.4) is 0 Å². The van der Waals surface area contributed by atoms with E-state index in [0.717, 1.165) is 10.4 Å². The van der Waals surface area contributed by atoms with E-state index in [-0.39, 0.29) is 0 Å². The van der Waals surface area contributed by atoms with Gasteiger partial charge in [0.25, 0.3) is 0 Å². The molecule has 0 amide bonds. The van der Waals surface area contributed by atoms with Gasteiger partial charge >= 0.3 is 0 Å². The minimum atomic E-state index is 0.806. The Bertz CT molecular complexity index is 83.2. The molecular weight excluding hydrogens is 120 g/mol. The molecule has 0 radical (unpaired) electrons. The van der Waals surface area contributed by atoms with E-state index in [1.165, 1.54) is 0 Å². The van der Waals surface area contributed by atoms with Crippen molar-refractivity contribution in [2.75, 3.05) is 0 Å². The van der Waals surface area contributed by atoms with E-state index in [2.05, 4.69) is 20.8 Å². The van der Waals surface area contributed by atoms with Crippen LogP contribution in [-0.4, -0.2) is 25.8 Å². The van der Waals surface area contributed by atoms with Crippen LogP contribution < -0.4 is 5.40 Å². The maximum Gasteiger partial charge on any atom is 0.0716 e. The van der Waals surface area contributed by atoms with Crippen molar-refractivity contribution >= 4 is 10.4 Å². The molecular formula is C3H8N4Si. The van der Waals surface area contributed by atoms with E-state index in [1.807, 2.05) is 0 Å². The Balaban J connectivity index is 0.000000222. The smallest absolute Gasteiger partial charge is 0.0716 e. The monoisotopic (exact) mass is 128 g/mol. The summed E-state index contributed by atoms with van der Waals surface area (Å²) in [5.41, 5.74) is 0. The first kappa shape index (κ1) is 7.19. The van der Waals surface area contributed by atoms with Crippen molar-refractivity contribution in [1.29, 1.82) is 0 Å². The minimum absolute atomic E-state index is 0.806. The van der Waals surface area contributed by atoms with Gasteiger partial charge in [0, 0.05) is 0 Å². The lowest BCUT2D eigenvalue weighted by Gasteiger charge is -1.68. The van der Waals surface area contributed by atoms with Gasteiger partial charge in [-0.3, -0.25) is 0 Å². The molecule has 0 aliphatic carbocycles. The van der Waals surface area contributed by atoms with Gasteiger partial charge < -0.3 is 5.40 Å². The maximum atomic E-state index is 4.64. The number of aromatic nitrogens is 3. The molecule has 0 aliphatic heterocycles. The number of hydrogen-bond donors (Lipinski definition) is 1. The molecule has 0 fully saturated rings. The molecule has 1 aromatic heterocycles. The first-order chi connectivity index (χ1) is 4.00. The third-order valence-electron chi connectivity index (χ3n) is 0.409. The maximum absolute atomic E-state index is 4.64. The normalized spacial score (nSPS) is 7.12. The van der Waals surface area contributed by atoms with Crippen LogP contribution >= 0.6 is 0 Å². The highest BCUT2D eigenvalue weighted by Crippen LogP contribution is 1.61. The highest BCUT2D eigenvalue weighted by atomic mass is 28.2. The summed E-state index contributed by atoms with van der Waals surface area (Å²) in [7, 11) is 0.806. The Kier molecular flexibility index (Phi) is 5.56. The van der Waals surface area contributed by atoms with Crippen molar-refractivity contribution in [3.8, 4) is 0 Å². The molecule has 0 saturated carbocycles. The van der Waals surface area contributed by atoms with E-state index >= 15 is 0 Å². The van der Waals surface area contributed by atoms with E-state index in [9.17, 15) is 0 Å². The molecule has 0 atom stereocenters. The second-order valence-corrected chi connectivity index (χ2v) is 0.811. The Morgan fingerprint density at radius 1 is 1.12 bits per heavy atom. The Hall–Kier alpha value is -0.813. The lowest BCUT2D eigenvalue weighted by Crippen LogP contribution is -1.78. The van der Waals surface area contributed by atoms with Crippen LogP contribution in [0.25, 0.3) is 0 Å². The third-order valence-corrected chi connectivity index (χ3v) is 0.409. The molecule has 0 saturated heterocycles. The van der Waals surface area contributed by atoms with E-state index in [1.54, 1.807) is 18.5 Å². The Morgan fingerprint density at radius 3 is 1.75 bits per heavy atom. The van der Waals surface area contributed by atoms with Crippen molar-refractivity contribution in [2.45, 2.75) is 0 Å². The number of rotatable bonds is 0. The van der Waals surface area contributed by atoms with Crippen LogP contribution in [0, 0.1) is 0 Å². The highest BCUT2D eigenvalue weighted by molar-refractivity contribution is 6.02. The zero-order valence-corrected chi connectivity index (χ0v) is 6.65. The predicted octanol–water partition coefficient (Wildman–Crippen LogP) is -1.90. The Labute approximate surface area is 50.6 Å². The van der Waals surface area contributed by atoms with Crippen LogP contribution in [0.1, 0.15) is 0 Å². The van der Waals surface area contributed by atoms with Gasteiger partial charge in [-0.25, -0.2) is 0 Å². The van der Waals surface area contributed by atoms with E-state index in [4.69, 9.17) is 0 Å². The molecule has 5 heteroatoms. The van der Waals surface area contributed by atoms with Gasteiger partial charge in [-0.15, -0.1) is 10.2 Å². The zero-order valence-electron chi connectivity index (χ0n) is 4.65. The average molecular weight is 128 g/mol. The molecule has 4 nitrogen and oxygen atoms in total. The highest BCUT2D eigenvalue weighted by Gasteiger charge is 1.60. The second kappa shape index (κ2) is 6.19. The average Bonchev–Trinajstić information content (AvgIpc) is 1.96. The third kappa shape index (κ3) is 3.38. The molecule has 0 bridgehead atoms. The van der Waals surface area contributed by atoms with Crippen LogP contribution in [0.5, 0.6) is 0 Å². The molecule has 0 unspecified atom stereocenters. The van der Waals surface area contributed by atoms with E-state index < -0.39 is 0 Å². The first-order valence-electron chi connectivity index (χ1n) is 2.16. The Morgan fingerprint density at radius 2 is 1.62 bits per heavy atom. The fraction of sp³-hybridized carbons (Fsp3) is 0. The van der Waals surface area contributed by atoms with Gasteiger partial charge in [0.1, 0.15) is 0 Å². The summed E-state index contributed by atoms with van der Waals surface area (Å²) in [4.78, 5) is 0. The molecule has 1 aromatic rings. The van der Waals surface area contributed by atoms with E-state index in [0.29, 0.717) is 0 Å². The summed E-state index contributed by atoms with van der Waals surface area (Å²) in [5, 5.41) is 14.8. The van der Waals surface area contributed by atoms with Gasteiger partial charge in [0.2, 0.25) is 0 Å². The van der Waals surface area contributed by atoms with Crippen LogP contribution in [-0.2, 0) is 0 Å². The summed E-state index contributed by atoms with van der Waals surface area (Å²) in [6, 6.07) is 1.72.